The maximum atomic E-state index is 12.8. The molecule has 3 rings (SSSR count). The summed E-state index contributed by atoms with van der Waals surface area (Å²) in [5.74, 6) is 0.0211. The predicted molar refractivity (Wildman–Crippen MR) is 113 cm³/mol. The van der Waals surface area contributed by atoms with Crippen LogP contribution < -0.4 is 5.32 Å². The first-order chi connectivity index (χ1) is 13.5. The number of rotatable bonds is 7. The molecule has 3 nitrogen and oxygen atoms in total. The van der Waals surface area contributed by atoms with Crippen molar-refractivity contribution < 1.29 is 9.90 Å². The van der Waals surface area contributed by atoms with E-state index in [1.165, 1.54) is 5.56 Å². The number of aryl methyl sites for hydroxylation is 1. The van der Waals surface area contributed by atoms with Crippen LogP contribution in [0.3, 0.4) is 0 Å². The highest BCUT2D eigenvalue weighted by molar-refractivity contribution is 5.78. The molecule has 28 heavy (non-hydrogen) atoms. The summed E-state index contributed by atoms with van der Waals surface area (Å²) in [5, 5.41) is 13.5. The van der Waals surface area contributed by atoms with Crippen LogP contribution in [0.25, 0.3) is 0 Å². The maximum Gasteiger partial charge on any atom is 0.221 e. The van der Waals surface area contributed by atoms with Gasteiger partial charge in [0.25, 0.3) is 0 Å². The first kappa shape index (κ1) is 19.7. The zero-order valence-corrected chi connectivity index (χ0v) is 16.4. The smallest absolute Gasteiger partial charge is 0.221 e. The van der Waals surface area contributed by atoms with Gasteiger partial charge in [0.1, 0.15) is 5.75 Å². The van der Waals surface area contributed by atoms with Gasteiger partial charge >= 0.3 is 0 Å². The molecule has 0 aliphatic heterocycles. The molecular formula is C25H27NO2. The summed E-state index contributed by atoms with van der Waals surface area (Å²) in [5.41, 5.74) is 4.07. The number of amides is 1. The van der Waals surface area contributed by atoms with Crippen molar-refractivity contribution in [3.8, 4) is 5.75 Å². The molecule has 0 aromatic heterocycles. The lowest BCUT2D eigenvalue weighted by molar-refractivity contribution is -0.121. The van der Waals surface area contributed by atoms with Gasteiger partial charge in [0, 0.05) is 23.9 Å². The third-order valence-electron chi connectivity index (χ3n) is 4.94. The van der Waals surface area contributed by atoms with Crippen molar-refractivity contribution in [3.63, 3.8) is 0 Å². The number of phenolic OH excluding ortho intramolecular Hbond substituents is 1. The molecule has 3 heteroatoms. The van der Waals surface area contributed by atoms with E-state index >= 15 is 0 Å². The Labute approximate surface area is 167 Å². The van der Waals surface area contributed by atoms with Gasteiger partial charge in [-0.2, -0.15) is 0 Å². The molecular weight excluding hydrogens is 346 g/mol. The van der Waals surface area contributed by atoms with Crippen molar-refractivity contribution in [1.82, 2.24) is 5.32 Å². The Hall–Kier alpha value is -3.07. The number of benzene rings is 3. The van der Waals surface area contributed by atoms with Crippen molar-refractivity contribution in [2.75, 3.05) is 0 Å². The van der Waals surface area contributed by atoms with E-state index in [9.17, 15) is 9.90 Å². The van der Waals surface area contributed by atoms with Crippen molar-refractivity contribution >= 4 is 5.91 Å². The van der Waals surface area contributed by atoms with Crippen LogP contribution in [0, 0.1) is 6.92 Å². The summed E-state index contributed by atoms with van der Waals surface area (Å²) in [6, 6.07) is 25.6. The highest BCUT2D eigenvalue weighted by Gasteiger charge is 2.22. The van der Waals surface area contributed by atoms with Crippen LogP contribution >= 0.6 is 0 Å². The number of hydrogen-bond acceptors (Lipinski definition) is 2. The third-order valence-corrected chi connectivity index (χ3v) is 4.94. The summed E-state index contributed by atoms with van der Waals surface area (Å²) in [6.07, 6.45) is 1.08. The highest BCUT2D eigenvalue weighted by atomic mass is 16.3. The Morgan fingerprint density at radius 3 is 2.29 bits per heavy atom. The molecule has 2 N–H and O–H groups in total. The largest absolute Gasteiger partial charge is 0.508 e. The van der Waals surface area contributed by atoms with E-state index in [2.05, 4.69) is 17.4 Å². The lowest BCUT2D eigenvalue weighted by atomic mass is 9.87. The topological polar surface area (TPSA) is 49.3 Å². The molecule has 0 radical (unpaired) electrons. The van der Waals surface area contributed by atoms with E-state index in [0.29, 0.717) is 6.42 Å². The molecule has 0 bridgehead atoms. The molecule has 0 aliphatic carbocycles. The van der Waals surface area contributed by atoms with E-state index in [1.54, 1.807) is 6.07 Å². The second kappa shape index (κ2) is 9.23. The minimum absolute atomic E-state index is 0.0156. The van der Waals surface area contributed by atoms with Crippen LogP contribution in [0.2, 0.25) is 0 Å². The van der Waals surface area contributed by atoms with Crippen molar-refractivity contribution in [2.24, 2.45) is 0 Å². The number of nitrogens with one attached hydrogen (secondary N) is 1. The van der Waals surface area contributed by atoms with Gasteiger partial charge in [0.05, 0.1) is 0 Å². The van der Waals surface area contributed by atoms with Crippen LogP contribution in [0.15, 0.2) is 78.9 Å². The fraction of sp³-hybridized carbons (Fsp3) is 0.240. The summed E-state index contributed by atoms with van der Waals surface area (Å²) in [6.45, 7) is 4.01. The van der Waals surface area contributed by atoms with E-state index in [0.717, 1.165) is 23.1 Å². The molecule has 2 atom stereocenters. The SMILES string of the molecule is Cc1ccc(O)c([C@H](CC(=O)N[C@@H](C)Cc2ccccc2)c2ccccc2)c1. The summed E-state index contributed by atoms with van der Waals surface area (Å²) in [7, 11) is 0. The quantitative estimate of drug-likeness (QED) is 0.614. The zero-order chi connectivity index (χ0) is 19.9. The Balaban J connectivity index is 1.76. The first-order valence-electron chi connectivity index (χ1n) is 9.70. The van der Waals surface area contributed by atoms with Gasteiger partial charge in [0.2, 0.25) is 5.91 Å². The standard InChI is InChI=1S/C25H27NO2/c1-18-13-14-24(27)23(15-18)22(21-11-7-4-8-12-21)17-25(28)26-19(2)16-20-9-5-3-6-10-20/h3-15,19,22,27H,16-17H2,1-2H3,(H,26,28)/t19-,22+/m0/s1. The molecule has 0 saturated carbocycles. The average Bonchev–Trinajstić information content (AvgIpc) is 2.69. The molecule has 144 valence electrons. The number of phenols is 1. The van der Waals surface area contributed by atoms with Gasteiger partial charge in [0.15, 0.2) is 0 Å². The molecule has 0 aliphatic rings. The molecule has 0 fully saturated rings. The van der Waals surface area contributed by atoms with E-state index in [4.69, 9.17) is 0 Å². The summed E-state index contributed by atoms with van der Waals surface area (Å²) < 4.78 is 0. The number of carbonyl (C=O) groups excluding carboxylic acids is 1. The van der Waals surface area contributed by atoms with Crippen LogP contribution in [-0.4, -0.2) is 17.1 Å². The van der Waals surface area contributed by atoms with E-state index in [1.807, 2.05) is 74.5 Å². The van der Waals surface area contributed by atoms with Gasteiger partial charge in [-0.15, -0.1) is 0 Å². The Bertz CT molecular complexity index is 906. The summed E-state index contributed by atoms with van der Waals surface area (Å²) >= 11 is 0. The molecule has 3 aromatic rings. The van der Waals surface area contributed by atoms with Gasteiger partial charge < -0.3 is 10.4 Å². The second-order valence-corrected chi connectivity index (χ2v) is 7.39. The first-order valence-corrected chi connectivity index (χ1v) is 9.70. The normalized spacial score (nSPS) is 12.9. The van der Waals surface area contributed by atoms with E-state index in [-0.39, 0.29) is 23.6 Å². The van der Waals surface area contributed by atoms with Gasteiger partial charge in [-0.05, 0) is 37.5 Å². The molecule has 0 heterocycles. The van der Waals surface area contributed by atoms with Crippen LogP contribution in [0.1, 0.15) is 41.5 Å². The van der Waals surface area contributed by atoms with Crippen LogP contribution in [-0.2, 0) is 11.2 Å². The lowest BCUT2D eigenvalue weighted by Crippen LogP contribution is -2.35. The van der Waals surface area contributed by atoms with Crippen molar-refractivity contribution in [1.29, 1.82) is 0 Å². The Morgan fingerprint density at radius 1 is 0.964 bits per heavy atom. The second-order valence-electron chi connectivity index (χ2n) is 7.39. The highest BCUT2D eigenvalue weighted by Crippen LogP contribution is 2.34. The summed E-state index contributed by atoms with van der Waals surface area (Å²) in [4.78, 5) is 12.8. The zero-order valence-electron chi connectivity index (χ0n) is 16.4. The molecule has 0 unspecified atom stereocenters. The number of aromatic hydroxyl groups is 1. The van der Waals surface area contributed by atoms with Gasteiger partial charge in [-0.1, -0.05) is 78.4 Å². The number of hydrogen-bond donors (Lipinski definition) is 2. The fourth-order valence-electron chi connectivity index (χ4n) is 3.58. The van der Waals surface area contributed by atoms with Gasteiger partial charge in [-0.3, -0.25) is 4.79 Å². The monoisotopic (exact) mass is 373 g/mol. The fourth-order valence-corrected chi connectivity index (χ4v) is 3.58. The molecule has 3 aromatic carbocycles. The van der Waals surface area contributed by atoms with Crippen LogP contribution in [0.5, 0.6) is 5.75 Å². The van der Waals surface area contributed by atoms with Gasteiger partial charge in [-0.25, -0.2) is 0 Å². The van der Waals surface area contributed by atoms with E-state index < -0.39 is 0 Å². The van der Waals surface area contributed by atoms with Crippen molar-refractivity contribution in [2.45, 2.75) is 38.6 Å². The minimum Gasteiger partial charge on any atom is -0.508 e. The van der Waals surface area contributed by atoms with Crippen molar-refractivity contribution in [3.05, 3.63) is 101 Å². The average molecular weight is 373 g/mol. The predicted octanol–water partition coefficient (Wildman–Crippen LogP) is 4.97. The molecule has 1 amide bonds. The maximum absolute atomic E-state index is 12.8. The number of carbonyl (C=O) groups is 1. The Morgan fingerprint density at radius 2 is 1.61 bits per heavy atom. The molecule has 0 saturated heterocycles. The third kappa shape index (κ3) is 5.23. The minimum atomic E-state index is -0.190. The lowest BCUT2D eigenvalue weighted by Gasteiger charge is -2.21. The molecule has 0 spiro atoms. The Kier molecular flexibility index (Phi) is 6.49. The van der Waals surface area contributed by atoms with Crippen LogP contribution in [0.4, 0.5) is 0 Å².